The number of nitrogens with zero attached hydrogens (tertiary/aromatic N) is 1. The van der Waals surface area contributed by atoms with Crippen molar-refractivity contribution in [2.45, 2.75) is 18.9 Å². The first-order valence-corrected chi connectivity index (χ1v) is 8.70. The van der Waals surface area contributed by atoms with Crippen LogP contribution in [0.3, 0.4) is 0 Å². The minimum Gasteiger partial charge on any atom is -0.497 e. The Labute approximate surface area is 168 Å². The fourth-order valence-corrected chi connectivity index (χ4v) is 2.70. The highest BCUT2D eigenvalue weighted by atomic mass is 19.4. The molecule has 0 amide bonds. The Morgan fingerprint density at radius 1 is 0.800 bits per heavy atom. The summed E-state index contributed by atoms with van der Waals surface area (Å²) in [6, 6.07) is 12.4. The molecule has 3 aromatic rings. The predicted molar refractivity (Wildman–Crippen MR) is 100.0 cm³/mol. The Morgan fingerprint density at radius 2 is 1.40 bits per heavy atom. The number of methoxy groups -OCH3 is 1. The summed E-state index contributed by atoms with van der Waals surface area (Å²) in [7, 11) is 1.52. The summed E-state index contributed by atoms with van der Waals surface area (Å²) in [5.41, 5.74) is -1.01. The van der Waals surface area contributed by atoms with Gasteiger partial charge in [0, 0.05) is 12.1 Å². The largest absolute Gasteiger partial charge is 0.497 e. The molecule has 0 saturated heterocycles. The minimum atomic E-state index is -4.64. The van der Waals surface area contributed by atoms with Crippen LogP contribution in [0.15, 0.2) is 60.7 Å². The van der Waals surface area contributed by atoms with Gasteiger partial charge in [-0.3, -0.25) is 0 Å². The summed E-state index contributed by atoms with van der Waals surface area (Å²) < 4.78 is 83.2. The van der Waals surface area contributed by atoms with E-state index in [1.165, 1.54) is 7.11 Å². The average Bonchev–Trinajstić information content (AvgIpc) is 2.71. The van der Waals surface area contributed by atoms with Crippen LogP contribution in [0, 0.1) is 0 Å². The van der Waals surface area contributed by atoms with Crippen LogP contribution in [-0.4, -0.2) is 12.1 Å². The molecule has 0 atom stereocenters. The Kier molecular flexibility index (Phi) is 5.91. The molecule has 1 aromatic heterocycles. The number of halogens is 6. The summed E-state index contributed by atoms with van der Waals surface area (Å²) in [6.45, 7) is 0.199. The van der Waals surface area contributed by atoms with Gasteiger partial charge in [-0.25, -0.2) is 4.98 Å². The quantitative estimate of drug-likeness (QED) is 0.479. The van der Waals surface area contributed by atoms with Gasteiger partial charge in [-0.2, -0.15) is 26.3 Å². The van der Waals surface area contributed by atoms with Gasteiger partial charge in [0.25, 0.3) is 0 Å². The molecule has 3 rings (SSSR count). The number of hydrogen-bond acceptors (Lipinski definition) is 3. The van der Waals surface area contributed by atoms with Crippen molar-refractivity contribution >= 4 is 5.82 Å². The molecule has 1 heterocycles. The summed E-state index contributed by atoms with van der Waals surface area (Å²) in [5, 5.41) is 2.82. The van der Waals surface area contributed by atoms with E-state index in [0.717, 1.165) is 42.0 Å². The Balaban J connectivity index is 1.90. The fourth-order valence-electron chi connectivity index (χ4n) is 2.70. The highest BCUT2D eigenvalue weighted by molar-refractivity contribution is 5.63. The first-order chi connectivity index (χ1) is 14.1. The zero-order valence-corrected chi connectivity index (χ0v) is 15.6. The van der Waals surface area contributed by atoms with E-state index in [2.05, 4.69) is 10.3 Å². The highest BCUT2D eigenvalue weighted by Gasteiger charge is 2.32. The third kappa shape index (κ3) is 5.22. The van der Waals surface area contributed by atoms with Gasteiger partial charge in [0.05, 0.1) is 23.9 Å². The maximum absolute atomic E-state index is 13.3. The summed E-state index contributed by atoms with van der Waals surface area (Å²) >= 11 is 0. The van der Waals surface area contributed by atoms with Crippen molar-refractivity contribution in [3.8, 4) is 17.0 Å². The van der Waals surface area contributed by atoms with Crippen molar-refractivity contribution in [1.29, 1.82) is 0 Å². The molecular formula is C21H16F6N2O. The van der Waals surface area contributed by atoms with Gasteiger partial charge >= 0.3 is 12.4 Å². The van der Waals surface area contributed by atoms with Crippen LogP contribution >= 0.6 is 0 Å². The molecule has 0 aliphatic carbocycles. The van der Waals surface area contributed by atoms with Crippen molar-refractivity contribution < 1.29 is 31.1 Å². The zero-order valence-electron chi connectivity index (χ0n) is 15.6. The number of ether oxygens (including phenoxy) is 1. The van der Waals surface area contributed by atoms with Crippen molar-refractivity contribution in [3.05, 3.63) is 77.4 Å². The normalized spacial score (nSPS) is 12.0. The van der Waals surface area contributed by atoms with Crippen LogP contribution in [0.4, 0.5) is 32.2 Å². The second kappa shape index (κ2) is 8.25. The monoisotopic (exact) mass is 426 g/mol. The number of benzene rings is 2. The van der Waals surface area contributed by atoms with E-state index in [-0.39, 0.29) is 23.6 Å². The van der Waals surface area contributed by atoms with Crippen LogP contribution in [-0.2, 0) is 18.9 Å². The van der Waals surface area contributed by atoms with Crippen LogP contribution in [0.25, 0.3) is 11.3 Å². The van der Waals surface area contributed by atoms with Crippen molar-refractivity contribution in [2.75, 3.05) is 12.4 Å². The Bertz CT molecular complexity index is 996. The standard InChI is InChI=1S/C21H16F6N2O/c1-30-17-8-2-13(3-9-17)12-28-19-11-16(21(25,26)27)10-18(29-19)14-4-6-15(7-5-14)20(22,23)24/h2-11H,12H2,1H3,(H,28,29). The van der Waals surface area contributed by atoms with E-state index in [4.69, 9.17) is 4.74 Å². The Hall–Kier alpha value is -3.23. The van der Waals surface area contributed by atoms with Crippen molar-refractivity contribution in [3.63, 3.8) is 0 Å². The molecule has 0 radical (unpaired) electrons. The lowest BCUT2D eigenvalue weighted by Gasteiger charge is -2.14. The first-order valence-electron chi connectivity index (χ1n) is 8.70. The smallest absolute Gasteiger partial charge is 0.416 e. The zero-order chi connectivity index (χ0) is 21.9. The topological polar surface area (TPSA) is 34.1 Å². The second-order valence-corrected chi connectivity index (χ2v) is 6.40. The molecule has 0 saturated carbocycles. The highest BCUT2D eigenvalue weighted by Crippen LogP contribution is 2.35. The lowest BCUT2D eigenvalue weighted by atomic mass is 10.1. The van der Waals surface area contributed by atoms with Crippen molar-refractivity contribution in [1.82, 2.24) is 4.98 Å². The Morgan fingerprint density at radius 3 is 1.93 bits per heavy atom. The maximum Gasteiger partial charge on any atom is 0.416 e. The fraction of sp³-hybridized carbons (Fsp3) is 0.190. The van der Waals surface area contributed by atoms with Gasteiger partial charge in [-0.05, 0) is 42.0 Å². The number of pyridine rings is 1. The second-order valence-electron chi connectivity index (χ2n) is 6.40. The molecule has 30 heavy (non-hydrogen) atoms. The average molecular weight is 426 g/mol. The van der Waals surface area contributed by atoms with E-state index < -0.39 is 23.5 Å². The molecule has 3 nitrogen and oxygen atoms in total. The van der Waals surface area contributed by atoms with Crippen LogP contribution in [0.2, 0.25) is 0 Å². The molecule has 0 unspecified atom stereocenters. The third-order valence-corrected chi connectivity index (χ3v) is 4.29. The van der Waals surface area contributed by atoms with E-state index in [1.54, 1.807) is 24.3 Å². The number of aromatic nitrogens is 1. The molecule has 158 valence electrons. The van der Waals surface area contributed by atoms with Gasteiger partial charge in [-0.15, -0.1) is 0 Å². The number of hydrogen-bond donors (Lipinski definition) is 1. The molecule has 0 fully saturated rings. The SMILES string of the molecule is COc1ccc(CNc2cc(C(F)(F)F)cc(-c3ccc(C(F)(F)F)cc3)n2)cc1. The van der Waals surface area contributed by atoms with Crippen LogP contribution < -0.4 is 10.1 Å². The number of anilines is 1. The number of alkyl halides is 6. The molecular weight excluding hydrogens is 410 g/mol. The van der Waals surface area contributed by atoms with E-state index in [0.29, 0.717) is 5.75 Å². The van der Waals surface area contributed by atoms with Gasteiger partial charge in [-0.1, -0.05) is 24.3 Å². The lowest BCUT2D eigenvalue weighted by Crippen LogP contribution is -2.09. The van der Waals surface area contributed by atoms with Gasteiger partial charge in [0.2, 0.25) is 0 Å². The molecule has 0 aliphatic heterocycles. The van der Waals surface area contributed by atoms with Crippen LogP contribution in [0.1, 0.15) is 16.7 Å². The number of nitrogens with one attached hydrogen (secondary N) is 1. The van der Waals surface area contributed by atoms with Crippen molar-refractivity contribution in [2.24, 2.45) is 0 Å². The van der Waals surface area contributed by atoms with E-state index in [9.17, 15) is 26.3 Å². The molecule has 0 spiro atoms. The number of rotatable bonds is 5. The molecule has 0 bridgehead atoms. The lowest BCUT2D eigenvalue weighted by molar-refractivity contribution is -0.138. The van der Waals surface area contributed by atoms with Gasteiger partial charge in [0.1, 0.15) is 11.6 Å². The van der Waals surface area contributed by atoms with E-state index >= 15 is 0 Å². The molecule has 1 N–H and O–H groups in total. The third-order valence-electron chi connectivity index (χ3n) is 4.29. The summed E-state index contributed by atoms with van der Waals surface area (Å²) in [5.74, 6) is 0.594. The predicted octanol–water partition coefficient (Wildman–Crippen LogP) is 6.41. The molecule has 9 heteroatoms. The van der Waals surface area contributed by atoms with Gasteiger partial charge in [0.15, 0.2) is 0 Å². The summed E-state index contributed by atoms with van der Waals surface area (Å²) in [6.07, 6.45) is -9.18. The summed E-state index contributed by atoms with van der Waals surface area (Å²) in [4.78, 5) is 4.14. The maximum atomic E-state index is 13.3. The van der Waals surface area contributed by atoms with Gasteiger partial charge < -0.3 is 10.1 Å². The molecule has 0 aliphatic rings. The molecule has 2 aromatic carbocycles. The van der Waals surface area contributed by atoms with E-state index in [1.807, 2.05) is 0 Å². The first kappa shape index (κ1) is 21.5. The van der Waals surface area contributed by atoms with Crippen LogP contribution in [0.5, 0.6) is 5.75 Å². The minimum absolute atomic E-state index is 0.0458.